The molecule has 3 N–H and O–H groups in total. The summed E-state index contributed by atoms with van der Waals surface area (Å²) in [4.78, 5) is 23.9. The van der Waals surface area contributed by atoms with E-state index in [2.05, 4.69) is 0 Å². The Kier molecular flexibility index (Phi) is 3.40. The van der Waals surface area contributed by atoms with Crippen LogP contribution >= 0.6 is 0 Å². The number of Topliss-reactive ketones (excluding diaryl/α,β-unsaturated/α-hetero) is 2. The van der Waals surface area contributed by atoms with Gasteiger partial charge in [-0.25, -0.2) is 0 Å². The standard InChI is InChI=1S/C12H11NO4S/c13-9-10(15)7-3-1-2-4-8(7)11(16)12(9)18(17)6-5-14/h1-4,14H,5-6,13H2. The molecule has 18 heavy (non-hydrogen) atoms. The first-order chi connectivity index (χ1) is 8.57. The fourth-order valence-electron chi connectivity index (χ4n) is 1.78. The van der Waals surface area contributed by atoms with Gasteiger partial charge < -0.3 is 10.8 Å². The SMILES string of the molecule is NC1=C(S(=O)CCO)C(=O)c2ccccc2C1=O. The minimum absolute atomic E-state index is 0.114. The fraction of sp³-hybridized carbons (Fsp3) is 0.167. The van der Waals surface area contributed by atoms with Crippen LogP contribution in [0.25, 0.3) is 0 Å². The summed E-state index contributed by atoms with van der Waals surface area (Å²) >= 11 is 0. The zero-order chi connectivity index (χ0) is 13.3. The molecule has 1 aliphatic carbocycles. The molecule has 1 unspecified atom stereocenters. The summed E-state index contributed by atoms with van der Waals surface area (Å²) in [5, 5.41) is 8.75. The quantitative estimate of drug-likeness (QED) is 0.800. The van der Waals surface area contributed by atoms with Crippen LogP contribution in [0.4, 0.5) is 0 Å². The fourth-order valence-corrected chi connectivity index (χ4v) is 2.81. The number of hydrogen-bond acceptors (Lipinski definition) is 5. The lowest BCUT2D eigenvalue weighted by Gasteiger charge is -2.17. The van der Waals surface area contributed by atoms with Crippen LogP contribution in [0.15, 0.2) is 34.9 Å². The van der Waals surface area contributed by atoms with E-state index in [0.717, 1.165) is 0 Å². The third-order valence-corrected chi connectivity index (χ3v) is 4.03. The average Bonchev–Trinajstić information content (AvgIpc) is 2.37. The number of allylic oxidation sites excluding steroid dienone is 2. The second-order valence-corrected chi connectivity index (χ2v) is 5.23. The molecule has 0 aliphatic heterocycles. The smallest absolute Gasteiger partial charge is 0.210 e. The highest BCUT2D eigenvalue weighted by Gasteiger charge is 2.33. The molecule has 0 heterocycles. The van der Waals surface area contributed by atoms with Crippen LogP contribution in [0.1, 0.15) is 20.7 Å². The maximum atomic E-state index is 12.1. The van der Waals surface area contributed by atoms with Crippen molar-refractivity contribution in [1.29, 1.82) is 0 Å². The number of carbonyl (C=O) groups excluding carboxylic acids is 2. The monoisotopic (exact) mass is 265 g/mol. The van der Waals surface area contributed by atoms with Crippen molar-refractivity contribution < 1.29 is 18.9 Å². The lowest BCUT2D eigenvalue weighted by Crippen LogP contribution is -2.29. The summed E-state index contributed by atoms with van der Waals surface area (Å²) in [6, 6.07) is 6.26. The molecule has 0 aromatic heterocycles. The Balaban J connectivity index is 2.57. The lowest BCUT2D eigenvalue weighted by atomic mass is 9.93. The number of fused-ring (bicyclic) bond motifs is 1. The van der Waals surface area contributed by atoms with Crippen molar-refractivity contribution in [2.24, 2.45) is 5.73 Å². The van der Waals surface area contributed by atoms with Gasteiger partial charge in [0.2, 0.25) is 11.6 Å². The van der Waals surface area contributed by atoms with Gasteiger partial charge in [-0.2, -0.15) is 0 Å². The molecule has 0 saturated carbocycles. The molecule has 1 aromatic carbocycles. The van der Waals surface area contributed by atoms with E-state index in [0.29, 0.717) is 0 Å². The average molecular weight is 265 g/mol. The lowest BCUT2D eigenvalue weighted by molar-refractivity contribution is 0.0980. The molecule has 0 amide bonds. The molecule has 0 fully saturated rings. The van der Waals surface area contributed by atoms with E-state index in [9.17, 15) is 13.8 Å². The van der Waals surface area contributed by atoms with Gasteiger partial charge in [-0.15, -0.1) is 0 Å². The van der Waals surface area contributed by atoms with Gasteiger partial charge in [-0.05, 0) is 0 Å². The van der Waals surface area contributed by atoms with Gasteiger partial charge in [0.05, 0.1) is 23.2 Å². The van der Waals surface area contributed by atoms with Crippen LogP contribution in [0.2, 0.25) is 0 Å². The number of benzene rings is 1. The van der Waals surface area contributed by atoms with E-state index < -0.39 is 22.4 Å². The van der Waals surface area contributed by atoms with Crippen LogP contribution < -0.4 is 5.73 Å². The van der Waals surface area contributed by atoms with Gasteiger partial charge in [0.1, 0.15) is 10.6 Å². The van der Waals surface area contributed by atoms with Gasteiger partial charge in [0.15, 0.2) is 0 Å². The molecule has 0 spiro atoms. The first-order valence-corrected chi connectivity index (χ1v) is 6.57. The molecule has 0 radical (unpaired) electrons. The number of carbonyl (C=O) groups is 2. The van der Waals surface area contributed by atoms with E-state index >= 15 is 0 Å². The van der Waals surface area contributed by atoms with Gasteiger partial charge in [0.25, 0.3) is 0 Å². The maximum absolute atomic E-state index is 12.1. The summed E-state index contributed by atoms with van der Waals surface area (Å²) in [6.07, 6.45) is 0. The van der Waals surface area contributed by atoms with E-state index in [1.807, 2.05) is 0 Å². The van der Waals surface area contributed by atoms with Gasteiger partial charge in [-0.1, -0.05) is 24.3 Å². The predicted molar refractivity (Wildman–Crippen MR) is 66.4 cm³/mol. The van der Waals surface area contributed by atoms with Gasteiger partial charge in [-0.3, -0.25) is 13.8 Å². The van der Waals surface area contributed by atoms with Crippen LogP contribution in [0.3, 0.4) is 0 Å². The van der Waals surface area contributed by atoms with E-state index in [4.69, 9.17) is 10.8 Å². The van der Waals surface area contributed by atoms with Crippen LogP contribution in [-0.2, 0) is 10.8 Å². The van der Waals surface area contributed by atoms with Crippen molar-refractivity contribution in [3.8, 4) is 0 Å². The molecular weight excluding hydrogens is 254 g/mol. The molecule has 94 valence electrons. The number of aliphatic hydroxyl groups excluding tert-OH is 1. The Morgan fingerprint density at radius 1 is 1.11 bits per heavy atom. The number of rotatable bonds is 3. The zero-order valence-corrected chi connectivity index (χ0v) is 10.2. The topological polar surface area (TPSA) is 97.5 Å². The summed E-state index contributed by atoms with van der Waals surface area (Å²) in [5.74, 6) is -1.11. The predicted octanol–water partition coefficient (Wildman–Crippen LogP) is -0.0231. The minimum atomic E-state index is -1.76. The Morgan fingerprint density at radius 3 is 2.22 bits per heavy atom. The first-order valence-electron chi connectivity index (χ1n) is 5.25. The Labute approximate surface area is 106 Å². The molecule has 0 bridgehead atoms. The largest absolute Gasteiger partial charge is 0.395 e. The number of ketones is 2. The second-order valence-electron chi connectivity index (χ2n) is 3.72. The van der Waals surface area contributed by atoms with Crippen molar-refractivity contribution in [3.63, 3.8) is 0 Å². The van der Waals surface area contributed by atoms with E-state index in [1.165, 1.54) is 12.1 Å². The summed E-state index contributed by atoms with van der Waals surface area (Å²) in [6.45, 7) is -0.341. The Morgan fingerprint density at radius 2 is 1.67 bits per heavy atom. The normalized spacial score (nSPS) is 16.7. The van der Waals surface area contributed by atoms with E-state index in [-0.39, 0.29) is 34.1 Å². The number of hydrogen-bond donors (Lipinski definition) is 2. The van der Waals surface area contributed by atoms with Crippen molar-refractivity contribution in [2.75, 3.05) is 12.4 Å². The van der Waals surface area contributed by atoms with Gasteiger partial charge >= 0.3 is 0 Å². The molecule has 6 heteroatoms. The third-order valence-electron chi connectivity index (χ3n) is 2.62. The van der Waals surface area contributed by atoms with Crippen molar-refractivity contribution in [3.05, 3.63) is 46.0 Å². The number of nitrogens with two attached hydrogens (primary N) is 1. The summed E-state index contributed by atoms with van der Waals surface area (Å²) in [5.41, 5.74) is 5.74. The molecule has 1 atom stereocenters. The summed E-state index contributed by atoms with van der Waals surface area (Å²) in [7, 11) is -1.76. The number of aliphatic hydroxyl groups is 1. The zero-order valence-electron chi connectivity index (χ0n) is 9.38. The second kappa shape index (κ2) is 4.83. The van der Waals surface area contributed by atoms with Crippen molar-refractivity contribution in [1.82, 2.24) is 0 Å². The third kappa shape index (κ3) is 1.89. The van der Waals surface area contributed by atoms with E-state index in [1.54, 1.807) is 12.1 Å². The highest BCUT2D eigenvalue weighted by molar-refractivity contribution is 7.90. The van der Waals surface area contributed by atoms with Crippen molar-refractivity contribution >= 4 is 22.4 Å². The molecule has 5 nitrogen and oxygen atoms in total. The molecule has 1 aromatic rings. The van der Waals surface area contributed by atoms with Crippen LogP contribution in [-0.4, -0.2) is 33.2 Å². The Hall–Kier alpha value is -1.79. The molecule has 0 saturated heterocycles. The van der Waals surface area contributed by atoms with Gasteiger partial charge in [0, 0.05) is 11.1 Å². The van der Waals surface area contributed by atoms with Crippen LogP contribution in [0.5, 0.6) is 0 Å². The maximum Gasteiger partial charge on any atom is 0.210 e. The molecular formula is C12H11NO4S. The highest BCUT2D eigenvalue weighted by Crippen LogP contribution is 2.25. The Bertz CT molecular complexity index is 591. The first kappa shape index (κ1) is 12.7. The van der Waals surface area contributed by atoms with Crippen LogP contribution in [0, 0.1) is 0 Å². The molecule has 2 rings (SSSR count). The van der Waals surface area contributed by atoms with Crippen molar-refractivity contribution in [2.45, 2.75) is 0 Å². The molecule has 1 aliphatic rings. The summed E-state index contributed by atoms with van der Waals surface area (Å²) < 4.78 is 11.8. The highest BCUT2D eigenvalue weighted by atomic mass is 32.2. The minimum Gasteiger partial charge on any atom is -0.395 e.